The number of nitrogens with one attached hydrogen (secondary N) is 1. The minimum atomic E-state index is 1.26. The Kier molecular flexibility index (Phi) is 2.41. The van der Waals surface area contributed by atoms with Gasteiger partial charge in [0.2, 0.25) is 0 Å². The van der Waals surface area contributed by atoms with E-state index in [0.717, 1.165) is 0 Å². The predicted octanol–water partition coefficient (Wildman–Crippen LogP) is 6.24. The third-order valence-electron chi connectivity index (χ3n) is 5.07. The number of benzene rings is 4. The van der Waals surface area contributed by atoms with Gasteiger partial charge in [-0.15, -0.1) is 0 Å². The summed E-state index contributed by atoms with van der Waals surface area (Å²) in [6.45, 7) is 4.41. The van der Waals surface area contributed by atoms with Crippen LogP contribution in [-0.4, -0.2) is 4.98 Å². The van der Waals surface area contributed by atoms with Gasteiger partial charge in [0.15, 0.2) is 0 Å². The van der Waals surface area contributed by atoms with Crippen molar-refractivity contribution in [1.29, 1.82) is 0 Å². The van der Waals surface area contributed by atoms with Crippen LogP contribution in [0.1, 0.15) is 11.1 Å². The topological polar surface area (TPSA) is 15.8 Å². The van der Waals surface area contributed by atoms with Crippen LogP contribution in [0.2, 0.25) is 0 Å². The van der Waals surface area contributed by atoms with E-state index < -0.39 is 0 Å². The van der Waals surface area contributed by atoms with Crippen LogP contribution in [0.15, 0.2) is 60.7 Å². The zero-order valence-electron chi connectivity index (χ0n) is 13.3. The first-order chi connectivity index (χ1) is 11.2. The largest absolute Gasteiger partial charge is 0.354 e. The molecule has 0 aliphatic carbocycles. The summed E-state index contributed by atoms with van der Waals surface area (Å²) in [5, 5.41) is 7.95. The molecule has 0 saturated carbocycles. The van der Waals surface area contributed by atoms with E-state index in [1.807, 2.05) is 0 Å². The maximum absolute atomic E-state index is 3.70. The average Bonchev–Trinajstić information content (AvgIpc) is 2.96. The van der Waals surface area contributed by atoms with Crippen LogP contribution >= 0.6 is 0 Å². The van der Waals surface area contributed by atoms with Crippen LogP contribution in [0.4, 0.5) is 0 Å². The fourth-order valence-corrected chi connectivity index (χ4v) is 3.94. The van der Waals surface area contributed by atoms with Crippen molar-refractivity contribution in [3.05, 3.63) is 71.8 Å². The first kappa shape index (κ1) is 12.7. The molecule has 0 spiro atoms. The number of hydrogen-bond donors (Lipinski definition) is 1. The lowest BCUT2D eigenvalue weighted by molar-refractivity contribution is 1.44. The number of fused-ring (bicyclic) bond motifs is 6. The molecule has 23 heavy (non-hydrogen) atoms. The molecule has 0 aliphatic heterocycles. The highest BCUT2D eigenvalue weighted by Crippen LogP contribution is 2.37. The quantitative estimate of drug-likeness (QED) is 0.348. The Balaban J connectivity index is 2.14. The highest BCUT2D eigenvalue weighted by Gasteiger charge is 2.13. The lowest BCUT2D eigenvalue weighted by atomic mass is 9.97. The number of aromatic nitrogens is 1. The summed E-state index contributed by atoms with van der Waals surface area (Å²) in [7, 11) is 0. The maximum atomic E-state index is 3.70. The van der Waals surface area contributed by atoms with E-state index in [0.29, 0.717) is 0 Å². The van der Waals surface area contributed by atoms with E-state index in [9.17, 15) is 0 Å². The van der Waals surface area contributed by atoms with Gasteiger partial charge < -0.3 is 4.98 Å². The summed E-state index contributed by atoms with van der Waals surface area (Å²) in [5.41, 5.74) is 5.16. The third-order valence-corrected chi connectivity index (χ3v) is 5.07. The molecule has 1 heteroatoms. The number of H-pyrrole nitrogens is 1. The minimum absolute atomic E-state index is 1.26. The van der Waals surface area contributed by atoms with Gasteiger partial charge in [-0.25, -0.2) is 0 Å². The van der Waals surface area contributed by atoms with Gasteiger partial charge in [-0.3, -0.25) is 0 Å². The predicted molar refractivity (Wildman–Crippen MR) is 100 cm³/mol. The Bertz CT molecular complexity index is 1220. The first-order valence-corrected chi connectivity index (χ1v) is 8.06. The Morgan fingerprint density at radius 1 is 0.652 bits per heavy atom. The fraction of sp³-hybridized carbons (Fsp3) is 0.0909. The zero-order valence-corrected chi connectivity index (χ0v) is 13.3. The van der Waals surface area contributed by atoms with E-state index in [2.05, 4.69) is 79.5 Å². The van der Waals surface area contributed by atoms with Crippen molar-refractivity contribution in [2.45, 2.75) is 13.8 Å². The highest BCUT2D eigenvalue weighted by atomic mass is 14.7. The van der Waals surface area contributed by atoms with Crippen LogP contribution < -0.4 is 0 Å². The second-order valence-corrected chi connectivity index (χ2v) is 6.43. The smallest absolute Gasteiger partial charge is 0.0501 e. The Morgan fingerprint density at radius 2 is 1.30 bits per heavy atom. The molecule has 0 bridgehead atoms. The summed E-state index contributed by atoms with van der Waals surface area (Å²) in [6, 6.07) is 21.9. The molecule has 0 amide bonds. The van der Waals surface area contributed by atoms with Gasteiger partial charge in [0, 0.05) is 10.8 Å². The summed E-state index contributed by atoms with van der Waals surface area (Å²) in [5.74, 6) is 0. The van der Waals surface area contributed by atoms with Crippen LogP contribution in [0, 0.1) is 13.8 Å². The normalized spacial score (nSPS) is 11.9. The van der Waals surface area contributed by atoms with Crippen LogP contribution in [-0.2, 0) is 0 Å². The molecule has 0 unspecified atom stereocenters. The van der Waals surface area contributed by atoms with Crippen molar-refractivity contribution in [3.63, 3.8) is 0 Å². The average molecular weight is 295 g/mol. The van der Waals surface area contributed by atoms with Gasteiger partial charge in [0.1, 0.15) is 0 Å². The number of hydrogen-bond acceptors (Lipinski definition) is 0. The fourth-order valence-electron chi connectivity index (χ4n) is 3.94. The summed E-state index contributed by atoms with van der Waals surface area (Å²) in [4.78, 5) is 3.70. The van der Waals surface area contributed by atoms with E-state index >= 15 is 0 Å². The van der Waals surface area contributed by atoms with Crippen LogP contribution in [0.5, 0.6) is 0 Å². The second kappa shape index (κ2) is 4.36. The summed E-state index contributed by atoms with van der Waals surface area (Å²) < 4.78 is 0. The van der Waals surface area contributed by atoms with Gasteiger partial charge in [-0.1, -0.05) is 48.5 Å². The highest BCUT2D eigenvalue weighted by molar-refractivity contribution is 6.23. The molecule has 1 N–H and O–H groups in total. The van der Waals surface area contributed by atoms with Crippen molar-refractivity contribution < 1.29 is 0 Å². The maximum Gasteiger partial charge on any atom is 0.0501 e. The molecule has 1 nitrogen and oxygen atoms in total. The minimum Gasteiger partial charge on any atom is -0.354 e. The van der Waals surface area contributed by atoms with Crippen molar-refractivity contribution >= 4 is 43.4 Å². The summed E-state index contributed by atoms with van der Waals surface area (Å²) in [6.07, 6.45) is 0. The molecule has 5 rings (SSSR count). The van der Waals surface area contributed by atoms with Gasteiger partial charge in [0.05, 0.1) is 11.0 Å². The zero-order chi connectivity index (χ0) is 15.6. The van der Waals surface area contributed by atoms with Crippen molar-refractivity contribution in [1.82, 2.24) is 4.98 Å². The molecule has 1 aromatic heterocycles. The molecule has 0 radical (unpaired) electrons. The molecular weight excluding hydrogens is 278 g/mol. The lowest BCUT2D eigenvalue weighted by Crippen LogP contribution is -1.81. The van der Waals surface area contributed by atoms with E-state index in [1.54, 1.807) is 0 Å². The van der Waals surface area contributed by atoms with Crippen molar-refractivity contribution in [2.24, 2.45) is 0 Å². The number of aromatic amines is 1. The standard InChI is InChI=1S/C22H17N/c1-13-11-15-7-4-6-10-18(15)20-19-12-16-8-3-5-9-17(16)14(2)22(19)23-21(13)20/h3-12,23H,1-2H3. The van der Waals surface area contributed by atoms with Crippen molar-refractivity contribution in [2.75, 3.05) is 0 Å². The number of aryl methyl sites for hydroxylation is 2. The van der Waals surface area contributed by atoms with Crippen LogP contribution in [0.25, 0.3) is 43.4 Å². The Morgan fingerprint density at radius 3 is 2.09 bits per heavy atom. The molecule has 0 aliphatic rings. The lowest BCUT2D eigenvalue weighted by Gasteiger charge is -2.05. The van der Waals surface area contributed by atoms with Gasteiger partial charge in [-0.05, 0) is 58.7 Å². The SMILES string of the molecule is Cc1c2ccccc2cc2c1[nH]c1c(C)cc3ccccc3c12. The monoisotopic (exact) mass is 295 g/mol. The Labute approximate surface area is 134 Å². The molecule has 5 aromatic rings. The third kappa shape index (κ3) is 1.62. The van der Waals surface area contributed by atoms with E-state index in [1.165, 1.54) is 54.5 Å². The molecule has 0 saturated heterocycles. The van der Waals surface area contributed by atoms with E-state index in [-0.39, 0.29) is 0 Å². The molecule has 1 heterocycles. The Hall–Kier alpha value is -2.80. The number of rotatable bonds is 0. The van der Waals surface area contributed by atoms with Gasteiger partial charge >= 0.3 is 0 Å². The van der Waals surface area contributed by atoms with Gasteiger partial charge in [0.25, 0.3) is 0 Å². The molecule has 0 fully saturated rings. The molecule has 0 atom stereocenters. The second-order valence-electron chi connectivity index (χ2n) is 6.43. The molecule has 4 aromatic carbocycles. The molecular formula is C22H17N. The first-order valence-electron chi connectivity index (χ1n) is 8.06. The van der Waals surface area contributed by atoms with E-state index in [4.69, 9.17) is 0 Å². The van der Waals surface area contributed by atoms with Gasteiger partial charge in [-0.2, -0.15) is 0 Å². The van der Waals surface area contributed by atoms with Crippen molar-refractivity contribution in [3.8, 4) is 0 Å². The summed E-state index contributed by atoms with van der Waals surface area (Å²) >= 11 is 0. The molecule has 110 valence electrons. The van der Waals surface area contributed by atoms with Crippen LogP contribution in [0.3, 0.4) is 0 Å².